The van der Waals surface area contributed by atoms with Crippen molar-refractivity contribution in [1.82, 2.24) is 19.8 Å². The minimum absolute atomic E-state index is 0.0261. The van der Waals surface area contributed by atoms with Crippen LogP contribution in [-0.4, -0.2) is 26.2 Å². The molecule has 1 aromatic heterocycles. The largest absolute Gasteiger partial charge is 0.573 e. The van der Waals surface area contributed by atoms with Gasteiger partial charge in [0, 0.05) is 12.1 Å². The Balaban J connectivity index is 2.06. The molecule has 0 N–H and O–H groups in total. The van der Waals surface area contributed by atoms with Crippen molar-refractivity contribution in [2.45, 2.75) is 19.9 Å². The summed E-state index contributed by atoms with van der Waals surface area (Å²) in [5.74, 6) is -0.131. The Morgan fingerprint density at radius 3 is 2.54 bits per heavy atom. The van der Waals surface area contributed by atoms with Gasteiger partial charge in [0.15, 0.2) is 0 Å². The van der Waals surface area contributed by atoms with E-state index in [0.29, 0.717) is 10.8 Å². The molecule has 3 rings (SSSR count). The molecule has 0 aliphatic heterocycles. The Hall–Kier alpha value is -3.01. The van der Waals surface area contributed by atoms with E-state index in [1.165, 1.54) is 25.2 Å². The molecule has 7 nitrogen and oxygen atoms in total. The predicted octanol–water partition coefficient (Wildman–Crippen LogP) is 3.41. The van der Waals surface area contributed by atoms with Gasteiger partial charge in [-0.2, -0.15) is 9.36 Å². The maximum Gasteiger partial charge on any atom is 0.573 e. The van der Waals surface area contributed by atoms with Crippen molar-refractivity contribution in [2.75, 3.05) is 0 Å². The molecule has 0 saturated carbocycles. The van der Waals surface area contributed by atoms with E-state index in [4.69, 9.17) is 16.3 Å². The molecule has 0 bridgehead atoms. The van der Waals surface area contributed by atoms with Gasteiger partial charge in [-0.25, -0.2) is 4.79 Å². The molecule has 0 fully saturated rings. The van der Waals surface area contributed by atoms with Crippen LogP contribution in [0.3, 0.4) is 0 Å². The second-order valence-corrected chi connectivity index (χ2v) is 6.23. The highest BCUT2D eigenvalue weighted by Crippen LogP contribution is 2.32. The number of hydrogen-bond donors (Lipinski definition) is 0. The first-order valence-electron chi connectivity index (χ1n) is 7.91. The number of rotatable bonds is 5. The maximum atomic E-state index is 12.8. The van der Waals surface area contributed by atoms with Gasteiger partial charge in [-0.1, -0.05) is 23.7 Å². The average Bonchev–Trinajstić information content (AvgIpc) is 2.94. The van der Waals surface area contributed by atoms with Crippen molar-refractivity contribution in [3.63, 3.8) is 0 Å². The van der Waals surface area contributed by atoms with Gasteiger partial charge in [0.05, 0.1) is 11.3 Å². The molecule has 148 valence electrons. The van der Waals surface area contributed by atoms with E-state index in [1.807, 2.05) is 0 Å². The summed E-state index contributed by atoms with van der Waals surface area (Å²) in [6.45, 7) is 1.43. The van der Waals surface area contributed by atoms with Crippen LogP contribution in [0.25, 0.3) is 5.69 Å². The fraction of sp³-hybridized carbons (Fsp3) is 0.235. The standard InChI is InChI=1S/C17H14ClF3N4O3/c1-10-6-7-11(18)8-15(10)27-9-12-13(25-16(26)24(2)22-23-25)4-3-5-14(12)28-17(19,20)21/h3-8H,9H2,1-2H3. The molecule has 3 aromatic rings. The Bertz CT molecular complexity index is 1060. The smallest absolute Gasteiger partial charge is 0.488 e. The second-order valence-electron chi connectivity index (χ2n) is 5.80. The molecule has 2 aromatic carbocycles. The van der Waals surface area contributed by atoms with Gasteiger partial charge in [-0.15, -0.1) is 13.2 Å². The number of alkyl halides is 3. The molecule has 0 spiro atoms. The van der Waals surface area contributed by atoms with Crippen molar-refractivity contribution in [3.8, 4) is 17.2 Å². The summed E-state index contributed by atoms with van der Waals surface area (Å²) >= 11 is 5.95. The number of aromatic nitrogens is 4. The topological polar surface area (TPSA) is 71.2 Å². The average molecular weight is 415 g/mol. The Morgan fingerprint density at radius 1 is 1.14 bits per heavy atom. The summed E-state index contributed by atoms with van der Waals surface area (Å²) < 4.78 is 50.1. The monoisotopic (exact) mass is 414 g/mol. The third-order valence-corrected chi connectivity index (χ3v) is 4.04. The van der Waals surface area contributed by atoms with Gasteiger partial charge in [0.1, 0.15) is 18.1 Å². The lowest BCUT2D eigenvalue weighted by Gasteiger charge is -2.17. The fourth-order valence-corrected chi connectivity index (χ4v) is 2.62. The molecule has 0 atom stereocenters. The first-order chi connectivity index (χ1) is 13.2. The van der Waals surface area contributed by atoms with Crippen LogP contribution in [0.15, 0.2) is 41.2 Å². The van der Waals surface area contributed by atoms with E-state index in [9.17, 15) is 18.0 Å². The fourth-order valence-electron chi connectivity index (χ4n) is 2.46. The van der Waals surface area contributed by atoms with Crippen LogP contribution in [0.4, 0.5) is 13.2 Å². The molecule has 0 unspecified atom stereocenters. The summed E-state index contributed by atoms with van der Waals surface area (Å²) in [5.41, 5.74) is 0.127. The molecule has 0 amide bonds. The first-order valence-corrected chi connectivity index (χ1v) is 8.29. The van der Waals surface area contributed by atoms with E-state index in [0.717, 1.165) is 21.0 Å². The van der Waals surface area contributed by atoms with Crippen molar-refractivity contribution < 1.29 is 22.6 Å². The van der Waals surface area contributed by atoms with Crippen molar-refractivity contribution in [1.29, 1.82) is 0 Å². The minimum atomic E-state index is -4.92. The SMILES string of the molecule is Cc1ccc(Cl)cc1OCc1c(OC(F)(F)F)cccc1-n1nnn(C)c1=O. The second kappa shape index (κ2) is 7.55. The van der Waals surface area contributed by atoms with Gasteiger partial charge in [-0.3, -0.25) is 0 Å². The van der Waals surface area contributed by atoms with Gasteiger partial charge < -0.3 is 9.47 Å². The number of halogens is 4. The maximum absolute atomic E-state index is 12.8. The van der Waals surface area contributed by atoms with Crippen LogP contribution in [0, 0.1) is 6.92 Å². The highest BCUT2D eigenvalue weighted by molar-refractivity contribution is 6.30. The van der Waals surface area contributed by atoms with E-state index in [1.54, 1.807) is 19.1 Å². The third kappa shape index (κ3) is 4.28. The highest BCUT2D eigenvalue weighted by atomic mass is 35.5. The van der Waals surface area contributed by atoms with Crippen LogP contribution in [-0.2, 0) is 13.7 Å². The van der Waals surface area contributed by atoms with Crippen LogP contribution in [0.2, 0.25) is 5.02 Å². The Morgan fingerprint density at radius 2 is 1.89 bits per heavy atom. The summed E-state index contributed by atoms with van der Waals surface area (Å²) in [6, 6.07) is 8.77. The van der Waals surface area contributed by atoms with Gasteiger partial charge in [0.25, 0.3) is 0 Å². The molecule has 0 aliphatic carbocycles. The lowest BCUT2D eigenvalue weighted by molar-refractivity contribution is -0.275. The van der Waals surface area contributed by atoms with Crippen LogP contribution in [0.1, 0.15) is 11.1 Å². The van der Waals surface area contributed by atoms with E-state index in [-0.39, 0.29) is 17.9 Å². The molecular formula is C17H14ClF3N4O3. The van der Waals surface area contributed by atoms with Crippen molar-refractivity contribution in [3.05, 3.63) is 63.0 Å². The van der Waals surface area contributed by atoms with Gasteiger partial charge in [0.2, 0.25) is 0 Å². The zero-order chi connectivity index (χ0) is 20.5. The van der Waals surface area contributed by atoms with E-state index in [2.05, 4.69) is 15.2 Å². The van der Waals surface area contributed by atoms with Crippen LogP contribution >= 0.6 is 11.6 Å². The molecule has 0 radical (unpaired) electrons. The Kier molecular flexibility index (Phi) is 5.32. The third-order valence-electron chi connectivity index (χ3n) is 3.81. The zero-order valence-electron chi connectivity index (χ0n) is 14.7. The lowest BCUT2D eigenvalue weighted by Crippen LogP contribution is -2.24. The summed E-state index contributed by atoms with van der Waals surface area (Å²) in [5, 5.41) is 7.66. The van der Waals surface area contributed by atoms with Gasteiger partial charge in [-0.05, 0) is 47.2 Å². The summed E-state index contributed by atoms with van der Waals surface area (Å²) in [7, 11) is 1.37. The Labute approximate surface area is 161 Å². The molecule has 1 heterocycles. The van der Waals surface area contributed by atoms with E-state index >= 15 is 0 Å². The molecule has 11 heteroatoms. The number of benzene rings is 2. The van der Waals surface area contributed by atoms with Gasteiger partial charge >= 0.3 is 12.1 Å². The summed E-state index contributed by atoms with van der Waals surface area (Å²) in [4.78, 5) is 12.2. The molecule has 28 heavy (non-hydrogen) atoms. The molecule has 0 saturated heterocycles. The quantitative estimate of drug-likeness (QED) is 0.640. The van der Waals surface area contributed by atoms with Crippen LogP contribution < -0.4 is 15.2 Å². The number of hydrogen-bond acceptors (Lipinski definition) is 5. The first kappa shape index (κ1) is 19.7. The van der Waals surface area contributed by atoms with Crippen molar-refractivity contribution in [2.24, 2.45) is 7.05 Å². The number of tetrazole rings is 1. The summed E-state index contributed by atoms with van der Waals surface area (Å²) in [6.07, 6.45) is -4.92. The van der Waals surface area contributed by atoms with Crippen molar-refractivity contribution >= 4 is 11.6 Å². The normalized spacial score (nSPS) is 11.5. The number of aryl methyl sites for hydroxylation is 2. The number of ether oxygens (including phenoxy) is 2. The number of nitrogens with zero attached hydrogens (tertiary/aromatic N) is 4. The zero-order valence-corrected chi connectivity index (χ0v) is 15.5. The van der Waals surface area contributed by atoms with E-state index < -0.39 is 17.8 Å². The lowest BCUT2D eigenvalue weighted by atomic mass is 10.1. The van der Waals surface area contributed by atoms with Crippen LogP contribution in [0.5, 0.6) is 11.5 Å². The molecular weight excluding hydrogens is 401 g/mol. The highest BCUT2D eigenvalue weighted by Gasteiger charge is 2.33. The predicted molar refractivity (Wildman–Crippen MR) is 93.8 cm³/mol. The molecule has 0 aliphatic rings. The minimum Gasteiger partial charge on any atom is -0.488 e.